The number of hydrogen-bond acceptors (Lipinski definition) is 3. The quantitative estimate of drug-likeness (QED) is 0.721. The first kappa shape index (κ1) is 10.5. The van der Waals surface area contributed by atoms with Crippen LogP contribution in [0.4, 0.5) is 5.82 Å². The fraction of sp³-hybridized carbons (Fsp3) is 0.250. The van der Waals surface area contributed by atoms with E-state index in [0.717, 1.165) is 23.0 Å². The fourth-order valence-corrected chi connectivity index (χ4v) is 1.65. The summed E-state index contributed by atoms with van der Waals surface area (Å²) in [5.74, 6) is 1.72. The van der Waals surface area contributed by atoms with Gasteiger partial charge < -0.3 is 4.57 Å². The van der Waals surface area contributed by atoms with Gasteiger partial charge in [0.15, 0.2) is 11.6 Å². The molecule has 4 heteroatoms. The van der Waals surface area contributed by atoms with Crippen LogP contribution in [0.1, 0.15) is 12.6 Å². The Morgan fingerprint density at radius 3 is 2.81 bits per heavy atom. The number of nitrogens with zero attached hydrogens (tertiary/aromatic N) is 4. The topological polar surface area (TPSA) is 43.1 Å². The van der Waals surface area contributed by atoms with E-state index in [2.05, 4.69) is 15.0 Å². The van der Waals surface area contributed by atoms with Crippen molar-refractivity contribution < 1.29 is 0 Å². The lowest BCUT2D eigenvalue weighted by Gasteiger charge is -2.01. The van der Waals surface area contributed by atoms with Crippen LogP contribution in [0.25, 0.3) is 11.5 Å². The van der Waals surface area contributed by atoms with Crippen molar-refractivity contribution in [3.05, 3.63) is 30.1 Å². The predicted molar refractivity (Wildman–Crippen MR) is 65.0 cm³/mol. The molecule has 0 bridgehead atoms. The van der Waals surface area contributed by atoms with Crippen LogP contribution >= 0.6 is 0 Å². The smallest absolute Gasteiger partial charge is 0.160 e. The van der Waals surface area contributed by atoms with Gasteiger partial charge in [-0.25, -0.2) is 9.98 Å². The summed E-state index contributed by atoms with van der Waals surface area (Å²) >= 11 is 0. The molecule has 0 N–H and O–H groups in total. The third-order valence-electron chi connectivity index (χ3n) is 2.38. The molecule has 0 saturated heterocycles. The van der Waals surface area contributed by atoms with Gasteiger partial charge in [-0.3, -0.25) is 4.98 Å². The average molecular weight is 214 g/mol. The van der Waals surface area contributed by atoms with Crippen molar-refractivity contribution in [2.75, 3.05) is 0 Å². The number of aliphatic imine (C=N–C) groups is 1. The Morgan fingerprint density at radius 2 is 2.19 bits per heavy atom. The Hall–Kier alpha value is -1.97. The Morgan fingerprint density at radius 1 is 1.38 bits per heavy atom. The number of imidazole rings is 1. The first-order valence-electron chi connectivity index (χ1n) is 5.17. The van der Waals surface area contributed by atoms with Gasteiger partial charge in [0.1, 0.15) is 5.69 Å². The SMILES string of the molecule is C/C=N\c1c(C)nc(-c2ccccn2)n1C. The van der Waals surface area contributed by atoms with Gasteiger partial charge in [-0.15, -0.1) is 0 Å². The molecule has 0 amide bonds. The molecule has 2 aromatic heterocycles. The minimum Gasteiger partial charge on any atom is -0.311 e. The molecule has 0 aliphatic carbocycles. The van der Waals surface area contributed by atoms with Crippen molar-refractivity contribution in [3.8, 4) is 11.5 Å². The second-order valence-electron chi connectivity index (χ2n) is 3.51. The summed E-state index contributed by atoms with van der Waals surface area (Å²) in [5, 5.41) is 0. The van der Waals surface area contributed by atoms with Crippen LogP contribution in [0.5, 0.6) is 0 Å². The molecule has 0 radical (unpaired) electrons. The summed E-state index contributed by atoms with van der Waals surface area (Å²) in [7, 11) is 1.95. The zero-order valence-corrected chi connectivity index (χ0v) is 9.68. The number of pyridine rings is 1. The van der Waals surface area contributed by atoms with Crippen molar-refractivity contribution in [3.63, 3.8) is 0 Å². The summed E-state index contributed by atoms with van der Waals surface area (Å²) in [6.45, 7) is 3.85. The molecule has 0 aromatic carbocycles. The molecule has 0 aliphatic rings. The lowest BCUT2D eigenvalue weighted by Crippen LogP contribution is -1.93. The second kappa shape index (κ2) is 4.26. The molecule has 0 aliphatic heterocycles. The molecule has 2 aromatic rings. The van der Waals surface area contributed by atoms with E-state index < -0.39 is 0 Å². The van der Waals surface area contributed by atoms with Gasteiger partial charge in [-0.05, 0) is 26.0 Å². The van der Waals surface area contributed by atoms with Crippen molar-refractivity contribution in [2.24, 2.45) is 12.0 Å². The highest BCUT2D eigenvalue weighted by molar-refractivity contribution is 5.63. The van der Waals surface area contributed by atoms with Crippen LogP contribution in [-0.4, -0.2) is 20.7 Å². The Kier molecular flexibility index (Phi) is 2.81. The molecular weight excluding hydrogens is 200 g/mol. The van der Waals surface area contributed by atoms with Gasteiger partial charge in [0.25, 0.3) is 0 Å². The molecule has 4 nitrogen and oxygen atoms in total. The minimum atomic E-state index is 0.846. The normalized spacial score (nSPS) is 11.2. The number of aromatic nitrogens is 3. The molecule has 0 fully saturated rings. The maximum absolute atomic E-state index is 4.49. The highest BCUT2D eigenvalue weighted by atomic mass is 15.1. The molecule has 82 valence electrons. The van der Waals surface area contributed by atoms with Gasteiger partial charge in [-0.2, -0.15) is 0 Å². The molecule has 2 heterocycles. The maximum atomic E-state index is 4.49. The van der Waals surface area contributed by atoms with E-state index in [0.29, 0.717) is 0 Å². The molecule has 0 spiro atoms. The highest BCUT2D eigenvalue weighted by Crippen LogP contribution is 2.24. The summed E-state index contributed by atoms with van der Waals surface area (Å²) in [4.78, 5) is 13.1. The van der Waals surface area contributed by atoms with Gasteiger partial charge >= 0.3 is 0 Å². The van der Waals surface area contributed by atoms with Crippen LogP contribution in [0, 0.1) is 6.92 Å². The van der Waals surface area contributed by atoms with Crippen molar-refractivity contribution in [2.45, 2.75) is 13.8 Å². The first-order valence-corrected chi connectivity index (χ1v) is 5.17. The second-order valence-corrected chi connectivity index (χ2v) is 3.51. The van der Waals surface area contributed by atoms with E-state index >= 15 is 0 Å². The van der Waals surface area contributed by atoms with E-state index in [1.54, 1.807) is 12.4 Å². The van der Waals surface area contributed by atoms with Gasteiger partial charge in [0.2, 0.25) is 0 Å². The summed E-state index contributed by atoms with van der Waals surface area (Å²) in [6, 6.07) is 5.79. The van der Waals surface area contributed by atoms with E-state index in [-0.39, 0.29) is 0 Å². The van der Waals surface area contributed by atoms with Gasteiger partial charge in [0.05, 0.1) is 5.69 Å². The summed E-state index contributed by atoms with van der Waals surface area (Å²) in [5.41, 5.74) is 1.78. The lowest BCUT2D eigenvalue weighted by atomic mass is 10.3. The van der Waals surface area contributed by atoms with Crippen LogP contribution < -0.4 is 0 Å². The maximum Gasteiger partial charge on any atom is 0.160 e. The van der Waals surface area contributed by atoms with E-state index in [1.807, 2.05) is 43.7 Å². The largest absolute Gasteiger partial charge is 0.311 e. The molecular formula is C12H14N4. The highest BCUT2D eigenvalue weighted by Gasteiger charge is 2.12. The molecule has 0 unspecified atom stereocenters. The van der Waals surface area contributed by atoms with E-state index in [1.165, 1.54) is 0 Å². The number of rotatable bonds is 2. The third-order valence-corrected chi connectivity index (χ3v) is 2.38. The summed E-state index contributed by atoms with van der Waals surface area (Å²) < 4.78 is 1.96. The third kappa shape index (κ3) is 1.74. The van der Waals surface area contributed by atoms with Crippen LogP contribution in [0.2, 0.25) is 0 Å². The van der Waals surface area contributed by atoms with Crippen LogP contribution in [0.15, 0.2) is 29.4 Å². The van der Waals surface area contributed by atoms with Crippen LogP contribution in [-0.2, 0) is 7.05 Å². The Balaban J connectivity index is 2.56. The Labute approximate surface area is 94.7 Å². The van der Waals surface area contributed by atoms with Gasteiger partial charge in [0, 0.05) is 19.5 Å². The zero-order valence-electron chi connectivity index (χ0n) is 9.68. The first-order chi connectivity index (χ1) is 7.74. The number of aryl methyl sites for hydroxylation is 1. The van der Waals surface area contributed by atoms with Crippen molar-refractivity contribution in [1.29, 1.82) is 0 Å². The minimum absolute atomic E-state index is 0.846. The monoisotopic (exact) mass is 214 g/mol. The van der Waals surface area contributed by atoms with Crippen molar-refractivity contribution >= 4 is 12.0 Å². The Bertz CT molecular complexity index is 511. The van der Waals surface area contributed by atoms with Crippen LogP contribution in [0.3, 0.4) is 0 Å². The molecule has 0 atom stereocenters. The zero-order chi connectivity index (χ0) is 11.5. The standard InChI is InChI=1S/C12H14N4/c1-4-13-11-9(2)15-12(16(11)3)10-7-5-6-8-14-10/h4-8H,1-3H3/b13-4-. The van der Waals surface area contributed by atoms with E-state index in [9.17, 15) is 0 Å². The van der Waals surface area contributed by atoms with E-state index in [4.69, 9.17) is 0 Å². The molecule has 16 heavy (non-hydrogen) atoms. The predicted octanol–water partition coefficient (Wildman–Crippen LogP) is 2.51. The average Bonchev–Trinajstić information content (AvgIpc) is 2.59. The fourth-order valence-electron chi connectivity index (χ4n) is 1.65. The molecule has 0 saturated carbocycles. The van der Waals surface area contributed by atoms with Crippen molar-refractivity contribution in [1.82, 2.24) is 14.5 Å². The van der Waals surface area contributed by atoms with Gasteiger partial charge in [-0.1, -0.05) is 6.07 Å². The number of hydrogen-bond donors (Lipinski definition) is 0. The summed E-state index contributed by atoms with van der Waals surface area (Å²) in [6.07, 6.45) is 3.54. The molecule has 2 rings (SSSR count). The lowest BCUT2D eigenvalue weighted by molar-refractivity contribution is 0.916.